The standard InChI is InChI=1S/C13H12N4O.C6H6/c1-2-10-11(13(18)16-7-3-4-8-16)15-17-9-5-6-14-12(10)17;1-2-4-6-5-3-1/h1,5-6,9H,3-4,7-8H2;1-6H. The van der Waals surface area contributed by atoms with Crippen molar-refractivity contribution in [2.45, 2.75) is 12.8 Å². The topological polar surface area (TPSA) is 50.5 Å². The van der Waals surface area contributed by atoms with Gasteiger partial charge in [0.05, 0.1) is 0 Å². The fourth-order valence-electron chi connectivity index (χ4n) is 2.62. The number of benzene rings is 1. The van der Waals surface area contributed by atoms with Gasteiger partial charge in [0.1, 0.15) is 5.56 Å². The van der Waals surface area contributed by atoms with Crippen molar-refractivity contribution < 1.29 is 4.79 Å². The van der Waals surface area contributed by atoms with E-state index in [2.05, 4.69) is 16.0 Å². The molecule has 0 saturated carbocycles. The van der Waals surface area contributed by atoms with E-state index in [9.17, 15) is 4.79 Å². The van der Waals surface area contributed by atoms with Crippen LogP contribution in [-0.2, 0) is 0 Å². The summed E-state index contributed by atoms with van der Waals surface area (Å²) < 4.78 is 1.55. The normalized spacial score (nSPS) is 13.2. The van der Waals surface area contributed by atoms with Crippen LogP contribution in [0.2, 0.25) is 0 Å². The Morgan fingerprint density at radius 1 is 1.04 bits per heavy atom. The van der Waals surface area contributed by atoms with Crippen LogP contribution in [-0.4, -0.2) is 38.5 Å². The number of carbonyl (C=O) groups is 1. The van der Waals surface area contributed by atoms with E-state index in [0.29, 0.717) is 16.9 Å². The number of hydrogen-bond acceptors (Lipinski definition) is 3. The molecule has 1 aromatic carbocycles. The van der Waals surface area contributed by atoms with Crippen molar-refractivity contribution in [3.63, 3.8) is 0 Å². The molecule has 1 fully saturated rings. The third-order valence-corrected chi connectivity index (χ3v) is 3.80. The summed E-state index contributed by atoms with van der Waals surface area (Å²) in [5.41, 5.74) is 1.37. The zero-order valence-corrected chi connectivity index (χ0v) is 13.3. The van der Waals surface area contributed by atoms with Crippen LogP contribution in [0, 0.1) is 12.3 Å². The lowest BCUT2D eigenvalue weighted by Gasteiger charge is -2.13. The SMILES string of the molecule is C#Cc1c(C(=O)N2CCCC2)nn2cccnc12.c1ccccc1. The molecule has 1 aliphatic heterocycles. The number of likely N-dealkylation sites (tertiary alicyclic amines) is 1. The molecule has 24 heavy (non-hydrogen) atoms. The van der Waals surface area contributed by atoms with Crippen molar-refractivity contribution in [2.75, 3.05) is 13.1 Å². The molecule has 0 N–H and O–H groups in total. The number of hydrogen-bond donors (Lipinski definition) is 0. The van der Waals surface area contributed by atoms with Gasteiger partial charge in [0.15, 0.2) is 11.3 Å². The largest absolute Gasteiger partial charge is 0.337 e. The third-order valence-electron chi connectivity index (χ3n) is 3.80. The first kappa shape index (κ1) is 15.8. The van der Waals surface area contributed by atoms with E-state index in [1.54, 1.807) is 27.9 Å². The molecule has 0 bridgehead atoms. The van der Waals surface area contributed by atoms with Crippen molar-refractivity contribution in [1.29, 1.82) is 0 Å². The summed E-state index contributed by atoms with van der Waals surface area (Å²) in [6.07, 6.45) is 11.0. The Hall–Kier alpha value is -3.13. The molecule has 3 aromatic rings. The highest BCUT2D eigenvalue weighted by Crippen LogP contribution is 2.17. The maximum Gasteiger partial charge on any atom is 0.275 e. The van der Waals surface area contributed by atoms with Crippen molar-refractivity contribution >= 4 is 11.6 Å². The lowest BCUT2D eigenvalue weighted by atomic mass is 10.2. The molecule has 0 atom stereocenters. The fraction of sp³-hybridized carbons (Fsp3) is 0.211. The van der Waals surface area contributed by atoms with Crippen molar-refractivity contribution in [3.05, 3.63) is 66.1 Å². The van der Waals surface area contributed by atoms with Gasteiger partial charge in [0.25, 0.3) is 5.91 Å². The molecule has 120 valence electrons. The minimum atomic E-state index is -0.0917. The van der Waals surface area contributed by atoms with Gasteiger partial charge in [-0.2, -0.15) is 5.10 Å². The smallest absolute Gasteiger partial charge is 0.275 e. The van der Waals surface area contributed by atoms with Gasteiger partial charge in [-0.3, -0.25) is 4.79 Å². The monoisotopic (exact) mass is 318 g/mol. The predicted molar refractivity (Wildman–Crippen MR) is 92.5 cm³/mol. The first-order chi connectivity index (χ1) is 11.8. The lowest BCUT2D eigenvalue weighted by molar-refractivity contribution is 0.0786. The molecule has 0 radical (unpaired) electrons. The zero-order valence-electron chi connectivity index (χ0n) is 13.3. The Kier molecular flexibility index (Phi) is 4.87. The summed E-state index contributed by atoms with van der Waals surface area (Å²) >= 11 is 0. The Bertz CT molecular complexity index is 831. The third kappa shape index (κ3) is 3.28. The van der Waals surface area contributed by atoms with Crippen molar-refractivity contribution in [2.24, 2.45) is 0 Å². The minimum absolute atomic E-state index is 0.0917. The fourth-order valence-corrected chi connectivity index (χ4v) is 2.62. The Morgan fingerprint density at radius 3 is 2.25 bits per heavy atom. The van der Waals surface area contributed by atoms with Gasteiger partial charge in [-0.15, -0.1) is 6.42 Å². The van der Waals surface area contributed by atoms with E-state index in [1.807, 2.05) is 36.4 Å². The van der Waals surface area contributed by atoms with Crippen LogP contribution in [0.15, 0.2) is 54.9 Å². The van der Waals surface area contributed by atoms with Gasteiger partial charge in [-0.05, 0) is 18.9 Å². The summed E-state index contributed by atoms with van der Waals surface area (Å²) in [6, 6.07) is 13.8. The van der Waals surface area contributed by atoms with Crippen LogP contribution in [0.4, 0.5) is 0 Å². The molecule has 1 aliphatic rings. The highest BCUT2D eigenvalue weighted by Gasteiger charge is 2.25. The molecule has 1 amide bonds. The van der Waals surface area contributed by atoms with Crippen LogP contribution in [0.1, 0.15) is 28.9 Å². The summed E-state index contributed by atoms with van der Waals surface area (Å²) in [4.78, 5) is 18.3. The lowest BCUT2D eigenvalue weighted by Crippen LogP contribution is -2.28. The average Bonchev–Trinajstić information content (AvgIpc) is 3.30. The summed E-state index contributed by atoms with van der Waals surface area (Å²) in [5.74, 6) is 2.44. The van der Waals surface area contributed by atoms with E-state index in [4.69, 9.17) is 6.42 Å². The molecule has 2 aromatic heterocycles. The quantitative estimate of drug-likeness (QED) is 0.648. The molecule has 5 heteroatoms. The highest BCUT2D eigenvalue weighted by molar-refractivity contribution is 5.97. The molecule has 1 saturated heterocycles. The molecule has 4 rings (SSSR count). The van der Waals surface area contributed by atoms with Gasteiger partial charge in [0.2, 0.25) is 0 Å². The minimum Gasteiger partial charge on any atom is -0.337 e. The van der Waals surface area contributed by atoms with Gasteiger partial charge < -0.3 is 4.90 Å². The number of rotatable bonds is 1. The van der Waals surface area contributed by atoms with Crippen LogP contribution in [0.25, 0.3) is 5.65 Å². The number of amides is 1. The summed E-state index contributed by atoms with van der Waals surface area (Å²) in [5, 5.41) is 4.25. The maximum atomic E-state index is 12.3. The molecule has 5 nitrogen and oxygen atoms in total. The van der Waals surface area contributed by atoms with Crippen molar-refractivity contribution in [1.82, 2.24) is 19.5 Å². The number of terminal acetylenes is 1. The maximum absolute atomic E-state index is 12.3. The Labute approximate surface area is 140 Å². The molecule has 0 spiro atoms. The van der Waals surface area contributed by atoms with Crippen molar-refractivity contribution in [3.8, 4) is 12.3 Å². The Morgan fingerprint density at radius 2 is 1.67 bits per heavy atom. The first-order valence-corrected chi connectivity index (χ1v) is 7.90. The molecule has 0 aliphatic carbocycles. The first-order valence-electron chi connectivity index (χ1n) is 7.90. The summed E-state index contributed by atoms with van der Waals surface area (Å²) in [7, 11) is 0. The second kappa shape index (κ2) is 7.42. The number of aromatic nitrogens is 3. The van der Waals surface area contributed by atoms with Crippen LogP contribution in [0.3, 0.4) is 0 Å². The Balaban J connectivity index is 0.000000238. The predicted octanol–water partition coefficient (Wildman–Crippen LogP) is 2.63. The number of fused-ring (bicyclic) bond motifs is 1. The van der Waals surface area contributed by atoms with Gasteiger partial charge in [0, 0.05) is 25.5 Å². The second-order valence-corrected chi connectivity index (χ2v) is 5.41. The van der Waals surface area contributed by atoms with E-state index in [1.165, 1.54) is 0 Å². The molecule has 3 heterocycles. The van der Waals surface area contributed by atoms with Crippen LogP contribution < -0.4 is 0 Å². The van der Waals surface area contributed by atoms with Crippen LogP contribution in [0.5, 0.6) is 0 Å². The molecule has 0 unspecified atom stereocenters. The summed E-state index contributed by atoms with van der Waals surface area (Å²) in [6.45, 7) is 1.56. The average molecular weight is 318 g/mol. The van der Waals surface area contributed by atoms with Gasteiger partial charge in [-0.25, -0.2) is 9.50 Å². The molecular weight excluding hydrogens is 300 g/mol. The van der Waals surface area contributed by atoms with Gasteiger partial charge >= 0.3 is 0 Å². The number of carbonyl (C=O) groups excluding carboxylic acids is 1. The van der Waals surface area contributed by atoms with E-state index in [-0.39, 0.29) is 5.91 Å². The number of nitrogens with zero attached hydrogens (tertiary/aromatic N) is 4. The van der Waals surface area contributed by atoms with Gasteiger partial charge in [-0.1, -0.05) is 42.3 Å². The van der Waals surface area contributed by atoms with E-state index < -0.39 is 0 Å². The second-order valence-electron chi connectivity index (χ2n) is 5.41. The zero-order chi connectivity index (χ0) is 16.8. The van der Waals surface area contributed by atoms with E-state index >= 15 is 0 Å². The van der Waals surface area contributed by atoms with E-state index in [0.717, 1.165) is 25.9 Å². The molecular formula is C19H18N4O. The van der Waals surface area contributed by atoms with Crippen LogP contribution >= 0.6 is 0 Å². The highest BCUT2D eigenvalue weighted by atomic mass is 16.2.